The highest BCUT2D eigenvalue weighted by molar-refractivity contribution is 5.95. The van der Waals surface area contributed by atoms with Crippen molar-refractivity contribution in [2.45, 2.75) is 27.7 Å². The van der Waals surface area contributed by atoms with E-state index >= 15 is 0 Å². The van der Waals surface area contributed by atoms with E-state index in [9.17, 15) is 9.59 Å². The molecule has 2 aromatic rings. The molecule has 0 radical (unpaired) electrons. The SMILES string of the molecule is CC(=O)Oc1c(C(C)=CC(=O)O)cc2cc(C)oc2c1C. The average molecular weight is 288 g/mol. The van der Waals surface area contributed by atoms with E-state index in [1.807, 2.05) is 13.0 Å². The summed E-state index contributed by atoms with van der Waals surface area (Å²) in [6.07, 6.45) is 1.08. The molecule has 2 rings (SSSR count). The third-order valence-electron chi connectivity index (χ3n) is 3.12. The smallest absolute Gasteiger partial charge is 0.328 e. The molecule has 0 amide bonds. The van der Waals surface area contributed by atoms with Gasteiger partial charge in [-0.1, -0.05) is 0 Å². The van der Waals surface area contributed by atoms with Gasteiger partial charge >= 0.3 is 11.9 Å². The molecule has 1 heterocycles. The molecule has 110 valence electrons. The molecule has 0 fully saturated rings. The van der Waals surface area contributed by atoms with Gasteiger partial charge < -0.3 is 14.3 Å². The van der Waals surface area contributed by atoms with Crippen molar-refractivity contribution in [1.29, 1.82) is 0 Å². The predicted molar refractivity (Wildman–Crippen MR) is 78.3 cm³/mol. The summed E-state index contributed by atoms with van der Waals surface area (Å²) in [4.78, 5) is 22.2. The summed E-state index contributed by atoms with van der Waals surface area (Å²) in [6, 6.07) is 3.63. The number of fused-ring (bicyclic) bond motifs is 1. The zero-order chi connectivity index (χ0) is 15.7. The largest absolute Gasteiger partial charge is 0.478 e. The molecule has 0 aliphatic heterocycles. The van der Waals surface area contributed by atoms with Crippen molar-refractivity contribution in [3.63, 3.8) is 0 Å². The van der Waals surface area contributed by atoms with Crippen LogP contribution in [0, 0.1) is 13.8 Å². The molecular formula is C16H16O5. The van der Waals surface area contributed by atoms with Crippen LogP contribution in [0.3, 0.4) is 0 Å². The van der Waals surface area contributed by atoms with Crippen molar-refractivity contribution in [3.8, 4) is 5.75 Å². The number of aryl methyl sites for hydroxylation is 2. The fourth-order valence-electron chi connectivity index (χ4n) is 2.29. The number of furan rings is 1. The number of ether oxygens (including phenoxy) is 1. The summed E-state index contributed by atoms with van der Waals surface area (Å²) in [5.41, 5.74) is 2.38. The van der Waals surface area contributed by atoms with Gasteiger partial charge in [-0.15, -0.1) is 0 Å². The lowest BCUT2D eigenvalue weighted by Gasteiger charge is -2.12. The van der Waals surface area contributed by atoms with Crippen LogP contribution in [0.5, 0.6) is 5.75 Å². The number of carboxylic acids is 1. The monoisotopic (exact) mass is 288 g/mol. The van der Waals surface area contributed by atoms with Crippen molar-refractivity contribution in [3.05, 3.63) is 35.1 Å². The van der Waals surface area contributed by atoms with E-state index < -0.39 is 11.9 Å². The third kappa shape index (κ3) is 2.97. The first-order valence-electron chi connectivity index (χ1n) is 6.43. The molecule has 0 unspecified atom stereocenters. The number of esters is 1. The Labute approximate surface area is 121 Å². The molecule has 1 aromatic carbocycles. The van der Waals surface area contributed by atoms with Crippen LogP contribution in [-0.2, 0) is 9.59 Å². The standard InChI is InChI=1S/C16H16O5/c1-8(5-14(18)19)13-7-12-6-9(2)20-15(12)10(3)16(13)21-11(4)17/h5-7H,1-4H3,(H,18,19). The van der Waals surface area contributed by atoms with E-state index in [0.29, 0.717) is 28.0 Å². The maximum absolute atomic E-state index is 11.3. The minimum Gasteiger partial charge on any atom is -0.478 e. The zero-order valence-corrected chi connectivity index (χ0v) is 12.3. The normalized spacial score (nSPS) is 11.7. The molecule has 0 spiro atoms. The molecular weight excluding hydrogens is 272 g/mol. The lowest BCUT2D eigenvalue weighted by molar-refractivity contribution is -0.132. The minimum atomic E-state index is -1.05. The number of benzene rings is 1. The summed E-state index contributed by atoms with van der Waals surface area (Å²) >= 11 is 0. The van der Waals surface area contributed by atoms with Crippen LogP contribution in [-0.4, -0.2) is 17.0 Å². The zero-order valence-electron chi connectivity index (χ0n) is 12.3. The molecule has 0 saturated carbocycles. The molecule has 1 aromatic heterocycles. The van der Waals surface area contributed by atoms with Gasteiger partial charge in [-0.3, -0.25) is 4.79 Å². The van der Waals surface area contributed by atoms with Crippen LogP contribution in [0.4, 0.5) is 0 Å². The lowest BCUT2D eigenvalue weighted by atomic mass is 10.00. The highest BCUT2D eigenvalue weighted by atomic mass is 16.5. The van der Waals surface area contributed by atoms with Crippen molar-refractivity contribution in [2.75, 3.05) is 0 Å². The van der Waals surface area contributed by atoms with E-state index in [1.54, 1.807) is 19.9 Å². The summed E-state index contributed by atoms with van der Waals surface area (Å²) in [6.45, 7) is 6.57. The van der Waals surface area contributed by atoms with Gasteiger partial charge in [0, 0.05) is 29.5 Å². The Morgan fingerprint density at radius 3 is 2.48 bits per heavy atom. The van der Waals surface area contributed by atoms with Gasteiger partial charge in [0.25, 0.3) is 0 Å². The molecule has 5 heteroatoms. The van der Waals surface area contributed by atoms with E-state index in [1.165, 1.54) is 6.92 Å². The van der Waals surface area contributed by atoms with E-state index in [2.05, 4.69) is 0 Å². The Kier molecular flexibility index (Phi) is 3.84. The topological polar surface area (TPSA) is 76.7 Å². The highest BCUT2D eigenvalue weighted by Gasteiger charge is 2.18. The van der Waals surface area contributed by atoms with Gasteiger partial charge in [0.15, 0.2) is 0 Å². The van der Waals surface area contributed by atoms with Gasteiger partial charge in [0.1, 0.15) is 17.1 Å². The summed E-state index contributed by atoms with van der Waals surface area (Å²) < 4.78 is 10.9. The van der Waals surface area contributed by atoms with Crippen molar-refractivity contribution in [2.24, 2.45) is 0 Å². The Morgan fingerprint density at radius 1 is 1.24 bits per heavy atom. The molecule has 0 aliphatic rings. The Morgan fingerprint density at radius 2 is 1.90 bits per heavy atom. The quantitative estimate of drug-likeness (QED) is 0.531. The van der Waals surface area contributed by atoms with E-state index in [0.717, 1.165) is 17.2 Å². The Hall–Kier alpha value is -2.56. The number of hydrogen-bond donors (Lipinski definition) is 1. The number of carbonyl (C=O) groups excluding carboxylic acids is 1. The fourth-order valence-corrected chi connectivity index (χ4v) is 2.29. The first-order valence-corrected chi connectivity index (χ1v) is 6.43. The van der Waals surface area contributed by atoms with Gasteiger partial charge in [-0.2, -0.15) is 0 Å². The van der Waals surface area contributed by atoms with Crippen LogP contribution < -0.4 is 4.74 Å². The summed E-state index contributed by atoms with van der Waals surface area (Å²) in [5.74, 6) is -0.453. The Balaban J connectivity index is 2.76. The third-order valence-corrected chi connectivity index (χ3v) is 3.12. The lowest BCUT2D eigenvalue weighted by Crippen LogP contribution is -2.05. The molecule has 1 N–H and O–H groups in total. The molecule has 0 bridgehead atoms. The second-order valence-corrected chi connectivity index (χ2v) is 4.91. The number of carboxylic acid groups (broad SMARTS) is 1. The molecule has 21 heavy (non-hydrogen) atoms. The first-order chi connectivity index (χ1) is 9.79. The second kappa shape index (κ2) is 5.44. The van der Waals surface area contributed by atoms with Crippen LogP contribution in [0.25, 0.3) is 16.5 Å². The maximum atomic E-state index is 11.3. The summed E-state index contributed by atoms with van der Waals surface area (Å²) in [5, 5.41) is 9.74. The van der Waals surface area contributed by atoms with Gasteiger partial charge in [0.05, 0.1) is 0 Å². The van der Waals surface area contributed by atoms with Crippen LogP contribution in [0.1, 0.15) is 30.7 Å². The molecule has 5 nitrogen and oxygen atoms in total. The minimum absolute atomic E-state index is 0.333. The van der Waals surface area contributed by atoms with Gasteiger partial charge in [0.2, 0.25) is 0 Å². The maximum Gasteiger partial charge on any atom is 0.328 e. The number of aliphatic carboxylic acids is 1. The molecule has 0 saturated heterocycles. The predicted octanol–water partition coefficient (Wildman–Crippen LogP) is 3.46. The highest BCUT2D eigenvalue weighted by Crippen LogP contribution is 2.37. The van der Waals surface area contributed by atoms with Crippen LogP contribution in [0.2, 0.25) is 0 Å². The summed E-state index contributed by atoms with van der Waals surface area (Å²) in [7, 11) is 0. The van der Waals surface area contributed by atoms with Gasteiger partial charge in [-0.05, 0) is 38.5 Å². The number of rotatable bonds is 3. The molecule has 0 aliphatic carbocycles. The van der Waals surface area contributed by atoms with Gasteiger partial charge in [-0.25, -0.2) is 4.79 Å². The van der Waals surface area contributed by atoms with Crippen molar-refractivity contribution < 1.29 is 23.8 Å². The fraction of sp³-hybridized carbons (Fsp3) is 0.250. The van der Waals surface area contributed by atoms with E-state index in [4.69, 9.17) is 14.3 Å². The number of carbonyl (C=O) groups is 2. The van der Waals surface area contributed by atoms with Crippen molar-refractivity contribution in [1.82, 2.24) is 0 Å². The molecule has 0 atom stereocenters. The second-order valence-electron chi connectivity index (χ2n) is 4.91. The van der Waals surface area contributed by atoms with Crippen molar-refractivity contribution >= 4 is 28.5 Å². The number of hydrogen-bond acceptors (Lipinski definition) is 4. The van der Waals surface area contributed by atoms with Crippen LogP contribution in [0.15, 0.2) is 22.6 Å². The Bertz CT molecular complexity index is 765. The van der Waals surface area contributed by atoms with E-state index in [-0.39, 0.29) is 0 Å². The number of allylic oxidation sites excluding steroid dienone is 1. The first kappa shape index (κ1) is 14.8. The average Bonchev–Trinajstić information content (AvgIpc) is 2.72. The van der Waals surface area contributed by atoms with Crippen LogP contribution >= 0.6 is 0 Å².